The molecule has 0 aliphatic carbocycles. The smallest absolute Gasteiger partial charge is 1.00 e. The van der Waals surface area contributed by atoms with E-state index in [4.69, 9.17) is 0 Å². The molecule has 0 nitrogen and oxygen atoms in total. The van der Waals surface area contributed by atoms with Crippen molar-refractivity contribution in [1.29, 1.82) is 0 Å². The Morgan fingerprint density at radius 1 is 1.36 bits per heavy atom. The number of halogens is 1. The Bertz CT molecular complexity index is 172. The average Bonchev–Trinajstić information content (AvgIpc) is 1.90. The summed E-state index contributed by atoms with van der Waals surface area (Å²) < 4.78 is 0. The number of benzene rings is 1. The summed E-state index contributed by atoms with van der Waals surface area (Å²) in [4.78, 5) is 0. The molecular weight excluding hydrogens is 212 g/mol. The molecule has 56 valence electrons. The van der Waals surface area contributed by atoms with Crippen LogP contribution in [0.25, 0.3) is 0 Å². The first-order valence-electron chi connectivity index (χ1n) is 3.26. The van der Waals surface area contributed by atoms with Gasteiger partial charge in [-0.05, 0) is 0 Å². The molecule has 2 heteroatoms. The van der Waals surface area contributed by atoms with Crippen LogP contribution in [0.1, 0.15) is 25.3 Å². The third kappa shape index (κ3) is 4.83. The van der Waals surface area contributed by atoms with Crippen molar-refractivity contribution in [3.63, 3.8) is 0 Å². The fourth-order valence-electron chi connectivity index (χ4n) is 0.766. The van der Waals surface area contributed by atoms with Gasteiger partial charge in [-0.1, -0.05) is 19.8 Å². The molecule has 0 heterocycles. The largest absolute Gasteiger partial charge is 2.00 e. The first kappa shape index (κ1) is 14.0. The van der Waals surface area contributed by atoms with E-state index in [0.29, 0.717) is 5.92 Å². The summed E-state index contributed by atoms with van der Waals surface area (Å²) in [6.07, 6.45) is 0. The topological polar surface area (TPSA) is 0 Å². The number of rotatable bonds is 1. The zero-order valence-electron chi connectivity index (χ0n) is 6.97. The summed E-state index contributed by atoms with van der Waals surface area (Å²) in [5.41, 5.74) is 1.36. The Hall–Kier alpha value is 0.466. The molecule has 0 saturated heterocycles. The Kier molecular flexibility index (Phi) is 9.09. The van der Waals surface area contributed by atoms with Crippen LogP contribution < -0.4 is 17.0 Å². The molecule has 11 heavy (non-hydrogen) atoms. The zero-order valence-corrected chi connectivity index (χ0v) is 9.97. The molecular formula is C9H11BrMg. The molecule has 0 unspecified atom stereocenters. The van der Waals surface area contributed by atoms with E-state index < -0.39 is 0 Å². The van der Waals surface area contributed by atoms with Crippen molar-refractivity contribution in [2.45, 2.75) is 19.8 Å². The van der Waals surface area contributed by atoms with Crippen molar-refractivity contribution in [2.75, 3.05) is 0 Å². The van der Waals surface area contributed by atoms with Crippen LogP contribution in [0.4, 0.5) is 0 Å². The number of hydrogen-bond acceptors (Lipinski definition) is 0. The second-order valence-corrected chi connectivity index (χ2v) is 2.49. The van der Waals surface area contributed by atoms with Gasteiger partial charge < -0.3 is 17.0 Å². The van der Waals surface area contributed by atoms with Gasteiger partial charge in [-0.15, -0.1) is 0 Å². The Labute approximate surface area is 95.3 Å². The Balaban J connectivity index is 0. The van der Waals surface area contributed by atoms with E-state index in [1.165, 1.54) is 5.56 Å². The van der Waals surface area contributed by atoms with E-state index in [9.17, 15) is 0 Å². The second kappa shape index (κ2) is 7.13. The molecule has 0 fully saturated rings. The summed E-state index contributed by atoms with van der Waals surface area (Å²) in [6, 6.07) is 11.1. The molecule has 0 N–H and O–H groups in total. The molecule has 0 aliphatic rings. The van der Waals surface area contributed by atoms with Crippen LogP contribution in [0.3, 0.4) is 0 Å². The van der Waals surface area contributed by atoms with Gasteiger partial charge in [0, 0.05) is 0 Å². The third-order valence-electron chi connectivity index (χ3n) is 1.40. The third-order valence-corrected chi connectivity index (χ3v) is 1.40. The normalized spacial score (nSPS) is 8.27. The molecule has 0 saturated carbocycles. The molecule has 0 bridgehead atoms. The fourth-order valence-corrected chi connectivity index (χ4v) is 0.766. The van der Waals surface area contributed by atoms with Gasteiger partial charge in [-0.2, -0.15) is 35.9 Å². The van der Waals surface area contributed by atoms with Crippen LogP contribution in [-0.4, -0.2) is 23.1 Å². The van der Waals surface area contributed by atoms with Gasteiger partial charge in [-0.25, -0.2) is 0 Å². The maximum atomic E-state index is 3.04. The van der Waals surface area contributed by atoms with Gasteiger partial charge in [-0.3, -0.25) is 0 Å². The van der Waals surface area contributed by atoms with E-state index >= 15 is 0 Å². The van der Waals surface area contributed by atoms with Crippen molar-refractivity contribution in [2.24, 2.45) is 0 Å². The average molecular weight is 223 g/mol. The minimum Gasteiger partial charge on any atom is -1.00 e. The van der Waals surface area contributed by atoms with Gasteiger partial charge >= 0.3 is 23.1 Å². The first-order chi connectivity index (χ1) is 4.30. The summed E-state index contributed by atoms with van der Waals surface area (Å²) in [5.74, 6) is 0.627. The van der Waals surface area contributed by atoms with E-state index in [1.807, 2.05) is 18.2 Å². The molecule has 1 aromatic carbocycles. The van der Waals surface area contributed by atoms with Gasteiger partial charge in [0.15, 0.2) is 0 Å². The molecule has 0 aliphatic heterocycles. The van der Waals surface area contributed by atoms with Gasteiger partial charge in [0.25, 0.3) is 0 Å². The zero-order chi connectivity index (χ0) is 6.69. The van der Waals surface area contributed by atoms with Crippen LogP contribution in [0, 0.1) is 6.07 Å². The summed E-state index contributed by atoms with van der Waals surface area (Å²) in [7, 11) is 0. The summed E-state index contributed by atoms with van der Waals surface area (Å²) in [6.45, 7) is 4.37. The van der Waals surface area contributed by atoms with Crippen LogP contribution in [0.15, 0.2) is 24.3 Å². The van der Waals surface area contributed by atoms with E-state index in [2.05, 4.69) is 26.0 Å². The van der Waals surface area contributed by atoms with E-state index in [1.54, 1.807) is 0 Å². The number of hydrogen-bond donors (Lipinski definition) is 0. The molecule has 0 radical (unpaired) electrons. The predicted molar refractivity (Wildman–Crippen MR) is 45.1 cm³/mol. The SMILES string of the molecule is CC(C)c1c[c-]ccc1.[Br-].[Mg+2]. The standard InChI is InChI=1S/C9H11.BrH.Mg/c1-8(2)9-6-4-3-5-7-9;;/h3-4,6-8H,1-2H3;1H;/q-1;;+2/p-1. The molecule has 0 atom stereocenters. The van der Waals surface area contributed by atoms with Crippen molar-refractivity contribution < 1.29 is 17.0 Å². The minimum atomic E-state index is 0. The van der Waals surface area contributed by atoms with Crippen molar-refractivity contribution in [3.05, 3.63) is 35.9 Å². The first-order valence-corrected chi connectivity index (χ1v) is 3.26. The van der Waals surface area contributed by atoms with Crippen LogP contribution in [-0.2, 0) is 0 Å². The maximum absolute atomic E-state index is 3.04. The Morgan fingerprint density at radius 3 is 2.27 bits per heavy atom. The second-order valence-electron chi connectivity index (χ2n) is 2.49. The summed E-state index contributed by atoms with van der Waals surface area (Å²) in [5, 5.41) is 0. The molecule has 0 aromatic heterocycles. The van der Waals surface area contributed by atoms with Crippen molar-refractivity contribution >= 4 is 23.1 Å². The molecule has 0 amide bonds. The predicted octanol–water partition coefficient (Wildman–Crippen LogP) is -0.767. The molecule has 1 rings (SSSR count). The van der Waals surface area contributed by atoms with Gasteiger partial charge in [0.2, 0.25) is 0 Å². The molecule has 1 aromatic rings. The Morgan fingerprint density at radius 2 is 2.00 bits per heavy atom. The maximum Gasteiger partial charge on any atom is 2.00 e. The minimum absolute atomic E-state index is 0. The van der Waals surface area contributed by atoms with E-state index in [0.717, 1.165) is 0 Å². The molecule has 0 spiro atoms. The van der Waals surface area contributed by atoms with Crippen molar-refractivity contribution in [1.82, 2.24) is 0 Å². The van der Waals surface area contributed by atoms with Crippen LogP contribution >= 0.6 is 0 Å². The monoisotopic (exact) mass is 222 g/mol. The van der Waals surface area contributed by atoms with Crippen LogP contribution in [0.5, 0.6) is 0 Å². The summed E-state index contributed by atoms with van der Waals surface area (Å²) >= 11 is 0. The van der Waals surface area contributed by atoms with Gasteiger partial charge in [0.1, 0.15) is 0 Å². The van der Waals surface area contributed by atoms with Gasteiger partial charge in [0.05, 0.1) is 0 Å². The van der Waals surface area contributed by atoms with Crippen molar-refractivity contribution in [3.8, 4) is 0 Å². The van der Waals surface area contributed by atoms with Crippen LogP contribution in [0.2, 0.25) is 0 Å². The van der Waals surface area contributed by atoms with E-state index in [-0.39, 0.29) is 40.0 Å². The quantitative estimate of drug-likeness (QED) is 0.433. The fraction of sp³-hybridized carbons (Fsp3) is 0.333.